The summed E-state index contributed by atoms with van der Waals surface area (Å²) in [6, 6.07) is 5.87. The van der Waals surface area contributed by atoms with E-state index in [9.17, 15) is 4.79 Å². The molecule has 0 amide bonds. The van der Waals surface area contributed by atoms with Gasteiger partial charge >= 0.3 is 5.97 Å². The van der Waals surface area contributed by atoms with Crippen LogP contribution in [0.4, 0.5) is 0 Å². The Bertz CT molecular complexity index is 720. The van der Waals surface area contributed by atoms with Gasteiger partial charge in [-0.3, -0.25) is 10.1 Å². The molecule has 5 heteroatoms. The molecule has 2 aromatic rings. The van der Waals surface area contributed by atoms with Crippen molar-refractivity contribution in [1.82, 2.24) is 10.3 Å². The van der Waals surface area contributed by atoms with Gasteiger partial charge in [0.2, 0.25) is 0 Å². The third-order valence-corrected chi connectivity index (χ3v) is 4.50. The second-order valence-corrected chi connectivity index (χ2v) is 6.56. The minimum absolute atomic E-state index is 0.126. The van der Waals surface area contributed by atoms with Crippen LogP contribution in [0.25, 0.3) is 10.9 Å². The van der Waals surface area contributed by atoms with Gasteiger partial charge in [0.15, 0.2) is 0 Å². The molecular formula is C18H24N2O3. The van der Waals surface area contributed by atoms with Gasteiger partial charge in [-0.25, -0.2) is 0 Å². The Morgan fingerprint density at radius 3 is 2.78 bits per heavy atom. The molecule has 0 aliphatic carbocycles. The zero-order valence-electron chi connectivity index (χ0n) is 14.1. The number of hydrogen-bond acceptors (Lipinski definition) is 4. The summed E-state index contributed by atoms with van der Waals surface area (Å²) in [6.45, 7) is 4.38. The lowest BCUT2D eigenvalue weighted by molar-refractivity contribution is -0.143. The van der Waals surface area contributed by atoms with Gasteiger partial charge < -0.3 is 14.5 Å². The summed E-state index contributed by atoms with van der Waals surface area (Å²) in [5.74, 6) is 1.15. The summed E-state index contributed by atoms with van der Waals surface area (Å²) >= 11 is 0. The predicted molar refractivity (Wildman–Crippen MR) is 89.7 cm³/mol. The Morgan fingerprint density at radius 2 is 2.13 bits per heavy atom. The van der Waals surface area contributed by atoms with Crippen LogP contribution in [0, 0.1) is 5.92 Å². The van der Waals surface area contributed by atoms with Crippen LogP contribution in [0.15, 0.2) is 18.2 Å². The average molecular weight is 316 g/mol. The molecule has 1 aromatic carbocycles. The van der Waals surface area contributed by atoms with Crippen molar-refractivity contribution >= 4 is 16.9 Å². The number of ether oxygens (including phenoxy) is 2. The van der Waals surface area contributed by atoms with Gasteiger partial charge in [-0.15, -0.1) is 0 Å². The summed E-state index contributed by atoms with van der Waals surface area (Å²) < 4.78 is 10.3. The smallest absolute Gasteiger partial charge is 0.323 e. The normalized spacial score (nSPS) is 20.6. The number of fused-ring (bicyclic) bond motifs is 3. The van der Waals surface area contributed by atoms with Gasteiger partial charge in [0, 0.05) is 35.1 Å². The number of carbonyl (C=O) groups is 1. The van der Waals surface area contributed by atoms with Crippen molar-refractivity contribution < 1.29 is 14.3 Å². The fourth-order valence-electron chi connectivity index (χ4n) is 3.44. The number of carbonyl (C=O) groups excluding carboxylic acids is 1. The molecule has 0 fully saturated rings. The molecule has 0 radical (unpaired) electrons. The summed E-state index contributed by atoms with van der Waals surface area (Å²) in [7, 11) is 3.11. The first-order valence-corrected chi connectivity index (χ1v) is 8.05. The van der Waals surface area contributed by atoms with Crippen LogP contribution >= 0.6 is 0 Å². The second-order valence-electron chi connectivity index (χ2n) is 6.56. The molecule has 23 heavy (non-hydrogen) atoms. The van der Waals surface area contributed by atoms with E-state index in [2.05, 4.69) is 30.2 Å². The fraction of sp³-hybridized carbons (Fsp3) is 0.500. The second kappa shape index (κ2) is 6.24. The molecule has 2 N–H and O–H groups in total. The van der Waals surface area contributed by atoms with Crippen LogP contribution < -0.4 is 10.1 Å². The first-order chi connectivity index (χ1) is 11.0. The van der Waals surface area contributed by atoms with Crippen LogP contribution in [0.5, 0.6) is 5.75 Å². The molecule has 2 heterocycles. The lowest BCUT2D eigenvalue weighted by Crippen LogP contribution is -2.45. The Hall–Kier alpha value is -2.01. The van der Waals surface area contributed by atoms with Crippen molar-refractivity contribution in [3.05, 3.63) is 29.5 Å². The van der Waals surface area contributed by atoms with Gasteiger partial charge in [-0.2, -0.15) is 0 Å². The Morgan fingerprint density at radius 1 is 1.35 bits per heavy atom. The van der Waals surface area contributed by atoms with Crippen molar-refractivity contribution in [2.75, 3.05) is 14.2 Å². The van der Waals surface area contributed by atoms with E-state index in [0.717, 1.165) is 23.1 Å². The van der Waals surface area contributed by atoms with Crippen molar-refractivity contribution in [3.8, 4) is 5.75 Å². The van der Waals surface area contributed by atoms with E-state index >= 15 is 0 Å². The van der Waals surface area contributed by atoms with Crippen molar-refractivity contribution in [1.29, 1.82) is 0 Å². The summed E-state index contributed by atoms with van der Waals surface area (Å²) in [6.07, 6.45) is 1.60. The molecule has 0 saturated heterocycles. The number of aromatic nitrogens is 1. The van der Waals surface area contributed by atoms with Gasteiger partial charge in [0.05, 0.1) is 14.2 Å². The molecular weight excluding hydrogens is 292 g/mol. The minimum atomic E-state index is -0.294. The SMILES string of the molecule is COC(=O)[C@@H]1Cc2c([nH]c3cc(OC)ccc23)[C@H](CC(C)C)N1. The molecule has 2 atom stereocenters. The first kappa shape index (κ1) is 15.9. The lowest BCUT2D eigenvalue weighted by atomic mass is 9.90. The maximum Gasteiger partial charge on any atom is 0.323 e. The van der Waals surface area contributed by atoms with E-state index < -0.39 is 0 Å². The third-order valence-electron chi connectivity index (χ3n) is 4.50. The summed E-state index contributed by atoms with van der Waals surface area (Å²) in [4.78, 5) is 15.6. The number of hydrogen-bond donors (Lipinski definition) is 2. The maximum atomic E-state index is 12.1. The van der Waals surface area contributed by atoms with Gasteiger partial charge in [0.1, 0.15) is 11.8 Å². The summed E-state index contributed by atoms with van der Waals surface area (Å²) in [5, 5.41) is 4.60. The van der Waals surface area contributed by atoms with Gasteiger partial charge in [0.25, 0.3) is 0 Å². The highest BCUT2D eigenvalue weighted by atomic mass is 16.5. The van der Waals surface area contributed by atoms with E-state index in [4.69, 9.17) is 9.47 Å². The van der Waals surface area contributed by atoms with Crippen LogP contribution in [0.2, 0.25) is 0 Å². The summed E-state index contributed by atoms with van der Waals surface area (Å²) in [5.41, 5.74) is 3.44. The fourth-order valence-corrected chi connectivity index (χ4v) is 3.44. The highest BCUT2D eigenvalue weighted by molar-refractivity contribution is 5.88. The Labute approximate surface area is 136 Å². The van der Waals surface area contributed by atoms with Crippen molar-refractivity contribution in [2.24, 2.45) is 5.92 Å². The Balaban J connectivity index is 2.07. The standard InChI is InChI=1S/C18H24N2O3/c1-10(2)7-15-17-13(9-16(19-15)18(21)23-4)12-6-5-11(22-3)8-14(12)20-17/h5-6,8,10,15-16,19-20H,7,9H2,1-4H3/t15-,16-/m0/s1. The highest BCUT2D eigenvalue weighted by Gasteiger charge is 2.33. The Kier molecular flexibility index (Phi) is 4.31. The molecule has 1 aliphatic heterocycles. The van der Waals surface area contributed by atoms with E-state index in [1.165, 1.54) is 18.4 Å². The van der Waals surface area contributed by atoms with E-state index in [0.29, 0.717) is 12.3 Å². The molecule has 0 bridgehead atoms. The third kappa shape index (κ3) is 2.93. The molecule has 124 valence electrons. The van der Waals surface area contributed by atoms with E-state index in [-0.39, 0.29) is 18.1 Å². The minimum Gasteiger partial charge on any atom is -0.497 e. The van der Waals surface area contributed by atoms with Crippen molar-refractivity contribution in [2.45, 2.75) is 38.8 Å². The average Bonchev–Trinajstić information content (AvgIpc) is 2.91. The number of nitrogens with one attached hydrogen (secondary N) is 2. The van der Waals surface area contributed by atoms with Crippen molar-refractivity contribution in [3.63, 3.8) is 0 Å². The van der Waals surface area contributed by atoms with Crippen LogP contribution in [0.3, 0.4) is 0 Å². The van der Waals surface area contributed by atoms with Crippen LogP contribution in [-0.4, -0.2) is 31.2 Å². The lowest BCUT2D eigenvalue weighted by Gasteiger charge is -2.31. The van der Waals surface area contributed by atoms with E-state index in [1.807, 2.05) is 12.1 Å². The first-order valence-electron chi connectivity index (χ1n) is 8.05. The maximum absolute atomic E-state index is 12.1. The number of rotatable bonds is 4. The quantitative estimate of drug-likeness (QED) is 0.851. The molecule has 0 unspecified atom stereocenters. The molecule has 3 rings (SSSR count). The molecule has 0 spiro atoms. The number of esters is 1. The van der Waals surface area contributed by atoms with E-state index in [1.54, 1.807) is 7.11 Å². The molecule has 5 nitrogen and oxygen atoms in total. The zero-order valence-corrected chi connectivity index (χ0v) is 14.1. The van der Waals surface area contributed by atoms with Gasteiger partial charge in [-0.1, -0.05) is 13.8 Å². The number of H-pyrrole nitrogens is 1. The molecule has 1 aliphatic rings. The number of aromatic amines is 1. The largest absolute Gasteiger partial charge is 0.497 e. The predicted octanol–water partition coefficient (Wildman–Crippen LogP) is 2.95. The molecule has 1 aromatic heterocycles. The zero-order chi connectivity index (χ0) is 16.6. The number of methoxy groups -OCH3 is 2. The monoisotopic (exact) mass is 316 g/mol. The number of benzene rings is 1. The topological polar surface area (TPSA) is 63.4 Å². The van der Waals surface area contributed by atoms with Gasteiger partial charge in [-0.05, 0) is 30.0 Å². The highest BCUT2D eigenvalue weighted by Crippen LogP contribution is 2.36. The molecule has 0 saturated carbocycles. The van der Waals surface area contributed by atoms with Crippen LogP contribution in [-0.2, 0) is 16.0 Å². The van der Waals surface area contributed by atoms with Crippen LogP contribution in [0.1, 0.15) is 37.6 Å².